The zero-order chi connectivity index (χ0) is 12.3. The van der Waals surface area contributed by atoms with Crippen molar-refractivity contribution in [2.45, 2.75) is 45.2 Å². The second-order valence-electron chi connectivity index (χ2n) is 4.76. The van der Waals surface area contributed by atoms with E-state index in [2.05, 4.69) is 21.8 Å². The summed E-state index contributed by atoms with van der Waals surface area (Å²) in [4.78, 5) is 11.2. The average molecular weight is 234 g/mol. The highest BCUT2D eigenvalue weighted by Gasteiger charge is 2.28. The highest BCUT2D eigenvalue weighted by molar-refractivity contribution is 5.11. The molecule has 4 heteroatoms. The van der Waals surface area contributed by atoms with Crippen LogP contribution in [0.25, 0.3) is 0 Å². The van der Waals surface area contributed by atoms with E-state index in [9.17, 15) is 0 Å². The van der Waals surface area contributed by atoms with Crippen molar-refractivity contribution < 1.29 is 0 Å². The Morgan fingerprint density at radius 2 is 2.29 bits per heavy atom. The predicted molar refractivity (Wildman–Crippen MR) is 68.6 cm³/mol. The second-order valence-corrected chi connectivity index (χ2v) is 4.76. The lowest BCUT2D eigenvalue weighted by Crippen LogP contribution is -2.40. The van der Waals surface area contributed by atoms with Crippen LogP contribution in [0.1, 0.15) is 43.7 Å². The van der Waals surface area contributed by atoms with Gasteiger partial charge >= 0.3 is 0 Å². The summed E-state index contributed by atoms with van der Waals surface area (Å²) < 4.78 is 0. The number of hydrogen-bond donors (Lipinski definition) is 1. The van der Waals surface area contributed by atoms with Gasteiger partial charge in [0.05, 0.1) is 11.7 Å². The third-order valence-corrected chi connectivity index (χ3v) is 3.54. The number of aromatic nitrogens is 2. The van der Waals surface area contributed by atoms with E-state index in [4.69, 9.17) is 5.73 Å². The summed E-state index contributed by atoms with van der Waals surface area (Å²) in [5.41, 5.74) is 7.40. The molecule has 1 aromatic rings. The Morgan fingerprint density at radius 1 is 1.47 bits per heavy atom. The van der Waals surface area contributed by atoms with E-state index in [1.807, 2.05) is 19.2 Å². The van der Waals surface area contributed by atoms with Crippen molar-refractivity contribution in [2.24, 2.45) is 5.73 Å². The minimum Gasteiger partial charge on any atom is -0.326 e. The lowest BCUT2D eigenvalue weighted by atomic mass is 10.0. The van der Waals surface area contributed by atoms with Crippen LogP contribution in [0.2, 0.25) is 0 Å². The van der Waals surface area contributed by atoms with Crippen LogP contribution in [0.4, 0.5) is 0 Å². The third kappa shape index (κ3) is 2.82. The maximum absolute atomic E-state index is 6.32. The molecule has 0 amide bonds. The number of likely N-dealkylation sites (tertiary alicyclic amines) is 1. The topological polar surface area (TPSA) is 55.0 Å². The lowest BCUT2D eigenvalue weighted by molar-refractivity contribution is 0.191. The van der Waals surface area contributed by atoms with Crippen molar-refractivity contribution in [3.8, 4) is 0 Å². The molecule has 2 heterocycles. The van der Waals surface area contributed by atoms with Gasteiger partial charge in [0.1, 0.15) is 5.82 Å². The molecule has 4 nitrogen and oxygen atoms in total. The predicted octanol–water partition coefficient (Wildman–Crippen LogP) is 1.66. The van der Waals surface area contributed by atoms with Gasteiger partial charge in [-0.05, 0) is 38.9 Å². The zero-order valence-electron chi connectivity index (χ0n) is 10.8. The number of aryl methyl sites for hydroxylation is 1. The van der Waals surface area contributed by atoms with Crippen LogP contribution in [-0.4, -0.2) is 34.0 Å². The smallest absolute Gasteiger partial charge is 0.125 e. The Hall–Kier alpha value is -1.00. The number of nitrogens with two attached hydrogens (primary N) is 1. The van der Waals surface area contributed by atoms with Crippen molar-refractivity contribution >= 4 is 0 Å². The Balaban J connectivity index is 2.30. The van der Waals surface area contributed by atoms with Crippen molar-refractivity contribution in [2.75, 3.05) is 13.1 Å². The Labute approximate surface area is 103 Å². The third-order valence-electron chi connectivity index (χ3n) is 3.54. The van der Waals surface area contributed by atoms with Crippen LogP contribution in [0.5, 0.6) is 0 Å². The molecule has 2 atom stereocenters. The van der Waals surface area contributed by atoms with E-state index >= 15 is 0 Å². The molecule has 1 aliphatic rings. The van der Waals surface area contributed by atoms with E-state index in [1.165, 1.54) is 12.8 Å². The first kappa shape index (κ1) is 12.5. The van der Waals surface area contributed by atoms with Crippen LogP contribution in [0, 0.1) is 6.92 Å². The molecule has 1 aliphatic heterocycles. The molecule has 0 aliphatic carbocycles. The standard InChI is InChI=1S/C13H22N4/c1-3-17-9-5-4-6-11(14)13(17)12-7-8-15-10(2)16-12/h7-8,11,13H,3-6,9,14H2,1-2H3. The molecule has 0 spiro atoms. The summed E-state index contributed by atoms with van der Waals surface area (Å²) in [6, 6.07) is 2.45. The largest absolute Gasteiger partial charge is 0.326 e. The summed E-state index contributed by atoms with van der Waals surface area (Å²) in [5.74, 6) is 0.829. The van der Waals surface area contributed by atoms with E-state index in [0.717, 1.165) is 31.0 Å². The summed E-state index contributed by atoms with van der Waals surface area (Å²) in [5, 5.41) is 0. The molecule has 1 aromatic heterocycles. The Morgan fingerprint density at radius 3 is 3.00 bits per heavy atom. The molecular formula is C13H22N4. The molecule has 0 bridgehead atoms. The van der Waals surface area contributed by atoms with Crippen molar-refractivity contribution in [1.82, 2.24) is 14.9 Å². The van der Waals surface area contributed by atoms with Crippen molar-refractivity contribution in [1.29, 1.82) is 0 Å². The number of likely N-dealkylation sites (N-methyl/N-ethyl adjacent to an activating group) is 1. The summed E-state index contributed by atoms with van der Waals surface area (Å²) in [6.07, 6.45) is 5.38. The SMILES string of the molecule is CCN1CCCCC(N)C1c1ccnc(C)n1. The van der Waals surface area contributed by atoms with Gasteiger partial charge in [0.2, 0.25) is 0 Å². The highest BCUT2D eigenvalue weighted by Crippen LogP contribution is 2.27. The van der Waals surface area contributed by atoms with Crippen LogP contribution in [0.3, 0.4) is 0 Å². The molecule has 2 rings (SSSR count). The first-order chi connectivity index (χ1) is 8.22. The summed E-state index contributed by atoms with van der Waals surface area (Å²) in [7, 11) is 0. The molecule has 2 unspecified atom stereocenters. The van der Waals surface area contributed by atoms with Gasteiger partial charge in [-0.15, -0.1) is 0 Å². The van der Waals surface area contributed by atoms with Gasteiger partial charge in [-0.25, -0.2) is 9.97 Å². The molecule has 1 fully saturated rings. The van der Waals surface area contributed by atoms with Crippen molar-refractivity contribution in [3.05, 3.63) is 23.8 Å². The van der Waals surface area contributed by atoms with Gasteiger partial charge in [0.15, 0.2) is 0 Å². The molecule has 94 valence electrons. The van der Waals surface area contributed by atoms with Crippen LogP contribution in [0.15, 0.2) is 12.3 Å². The minimum atomic E-state index is 0.187. The molecule has 17 heavy (non-hydrogen) atoms. The Kier molecular flexibility index (Phi) is 4.07. The van der Waals surface area contributed by atoms with Crippen LogP contribution < -0.4 is 5.73 Å². The monoisotopic (exact) mass is 234 g/mol. The fourth-order valence-electron chi connectivity index (χ4n) is 2.66. The van der Waals surface area contributed by atoms with E-state index in [-0.39, 0.29) is 12.1 Å². The van der Waals surface area contributed by atoms with Gasteiger partial charge < -0.3 is 5.73 Å². The van der Waals surface area contributed by atoms with E-state index in [1.54, 1.807) is 0 Å². The van der Waals surface area contributed by atoms with Gasteiger partial charge in [0, 0.05) is 12.2 Å². The van der Waals surface area contributed by atoms with E-state index < -0.39 is 0 Å². The van der Waals surface area contributed by atoms with Crippen LogP contribution in [-0.2, 0) is 0 Å². The quantitative estimate of drug-likeness (QED) is 0.845. The summed E-state index contributed by atoms with van der Waals surface area (Å²) >= 11 is 0. The van der Waals surface area contributed by atoms with Gasteiger partial charge in [-0.2, -0.15) is 0 Å². The lowest BCUT2D eigenvalue weighted by Gasteiger charge is -2.32. The molecule has 1 saturated heterocycles. The fraction of sp³-hybridized carbons (Fsp3) is 0.692. The van der Waals surface area contributed by atoms with Gasteiger partial charge in [0.25, 0.3) is 0 Å². The van der Waals surface area contributed by atoms with Gasteiger partial charge in [-0.1, -0.05) is 13.3 Å². The molecule has 0 radical (unpaired) electrons. The van der Waals surface area contributed by atoms with Crippen LogP contribution >= 0.6 is 0 Å². The molecule has 0 saturated carbocycles. The second kappa shape index (κ2) is 5.56. The fourth-order valence-corrected chi connectivity index (χ4v) is 2.66. The van der Waals surface area contributed by atoms with Gasteiger partial charge in [-0.3, -0.25) is 4.90 Å². The molecule has 0 aromatic carbocycles. The molecule has 2 N–H and O–H groups in total. The zero-order valence-corrected chi connectivity index (χ0v) is 10.8. The maximum atomic E-state index is 6.32. The normalized spacial score (nSPS) is 26.8. The summed E-state index contributed by atoms with van der Waals surface area (Å²) in [6.45, 7) is 6.28. The number of rotatable bonds is 2. The Bertz CT molecular complexity index is 366. The average Bonchev–Trinajstić information content (AvgIpc) is 2.50. The number of hydrogen-bond acceptors (Lipinski definition) is 4. The number of nitrogens with zero attached hydrogens (tertiary/aromatic N) is 3. The maximum Gasteiger partial charge on any atom is 0.125 e. The molecular weight excluding hydrogens is 212 g/mol. The van der Waals surface area contributed by atoms with E-state index in [0.29, 0.717) is 0 Å². The first-order valence-electron chi connectivity index (χ1n) is 6.51. The first-order valence-corrected chi connectivity index (χ1v) is 6.51. The minimum absolute atomic E-state index is 0.187. The highest BCUT2D eigenvalue weighted by atomic mass is 15.2. The van der Waals surface area contributed by atoms with Crippen molar-refractivity contribution in [3.63, 3.8) is 0 Å².